The molecule has 0 nitrogen and oxygen atoms in total. The molecule has 0 heterocycles. The standard InChI is InChI=1S/C30H27F5/c1-2-3-4-5-20-6-8-21(9-7-20)22-10-12-23(13-11-22)24-14-15-26-25(18-24)19-28(31)27(29(26)32)16-17-30(33,34)35/h8,10-15,18-20H,2-7,9H2,1H3. The lowest BCUT2D eigenvalue weighted by Gasteiger charge is -2.22. The summed E-state index contributed by atoms with van der Waals surface area (Å²) >= 11 is 0. The summed E-state index contributed by atoms with van der Waals surface area (Å²) in [4.78, 5) is 0. The summed E-state index contributed by atoms with van der Waals surface area (Å²) in [5.74, 6) is 1.09. The van der Waals surface area contributed by atoms with E-state index in [9.17, 15) is 22.0 Å². The predicted octanol–water partition coefficient (Wildman–Crippen LogP) is 9.46. The van der Waals surface area contributed by atoms with Gasteiger partial charge in [-0.15, -0.1) is 0 Å². The van der Waals surface area contributed by atoms with Gasteiger partial charge in [0.05, 0.1) is 5.56 Å². The van der Waals surface area contributed by atoms with E-state index in [4.69, 9.17) is 0 Å². The highest BCUT2D eigenvalue weighted by atomic mass is 19.4. The molecule has 3 aromatic carbocycles. The summed E-state index contributed by atoms with van der Waals surface area (Å²) in [7, 11) is 0. The van der Waals surface area contributed by atoms with Gasteiger partial charge in [0, 0.05) is 11.3 Å². The number of allylic oxidation sites excluding steroid dienone is 2. The SMILES string of the molecule is CCCCCC1CC=C(c2ccc(-c3ccc4c(F)c(C#CC(F)(F)F)c(F)cc4c3)cc2)CC1. The van der Waals surface area contributed by atoms with Crippen molar-refractivity contribution >= 4 is 16.3 Å². The zero-order chi connectivity index (χ0) is 25.0. The van der Waals surface area contributed by atoms with Crippen molar-refractivity contribution in [2.45, 2.75) is 58.0 Å². The first kappa shape index (κ1) is 25.0. The number of hydrogen-bond acceptors (Lipinski definition) is 0. The normalized spacial score (nSPS) is 16.1. The van der Waals surface area contributed by atoms with Crippen LogP contribution in [0.15, 0.2) is 54.6 Å². The molecule has 4 rings (SSSR count). The zero-order valence-electron chi connectivity index (χ0n) is 19.6. The van der Waals surface area contributed by atoms with Crippen molar-refractivity contribution in [1.29, 1.82) is 0 Å². The van der Waals surface area contributed by atoms with Crippen LogP contribution in [0.2, 0.25) is 0 Å². The summed E-state index contributed by atoms with van der Waals surface area (Å²) in [6, 6.07) is 13.9. The molecule has 1 aliphatic rings. The summed E-state index contributed by atoms with van der Waals surface area (Å²) in [5, 5.41) is 0.294. The van der Waals surface area contributed by atoms with E-state index in [1.165, 1.54) is 49.3 Å². The largest absolute Gasteiger partial charge is 0.458 e. The van der Waals surface area contributed by atoms with Gasteiger partial charge in [-0.05, 0) is 65.0 Å². The maximum absolute atomic E-state index is 14.7. The summed E-state index contributed by atoms with van der Waals surface area (Å²) in [5.41, 5.74) is 3.34. The van der Waals surface area contributed by atoms with Gasteiger partial charge in [0.15, 0.2) is 0 Å². The summed E-state index contributed by atoms with van der Waals surface area (Å²) in [6.45, 7) is 2.23. The smallest absolute Gasteiger partial charge is 0.205 e. The van der Waals surface area contributed by atoms with Crippen molar-refractivity contribution in [2.24, 2.45) is 5.92 Å². The van der Waals surface area contributed by atoms with Crippen molar-refractivity contribution < 1.29 is 22.0 Å². The van der Waals surface area contributed by atoms with Crippen LogP contribution in [-0.2, 0) is 0 Å². The van der Waals surface area contributed by atoms with Crippen LogP contribution in [0, 0.1) is 29.4 Å². The van der Waals surface area contributed by atoms with Crippen LogP contribution < -0.4 is 0 Å². The van der Waals surface area contributed by atoms with Gasteiger partial charge in [-0.2, -0.15) is 13.2 Å². The Balaban J connectivity index is 1.53. The van der Waals surface area contributed by atoms with Gasteiger partial charge in [-0.1, -0.05) is 81.0 Å². The maximum Gasteiger partial charge on any atom is 0.458 e. The topological polar surface area (TPSA) is 0 Å². The lowest BCUT2D eigenvalue weighted by atomic mass is 9.83. The minimum absolute atomic E-state index is 0.0269. The van der Waals surface area contributed by atoms with Crippen LogP contribution in [0.25, 0.3) is 27.5 Å². The minimum Gasteiger partial charge on any atom is -0.205 e. The van der Waals surface area contributed by atoms with Crippen molar-refractivity contribution in [3.63, 3.8) is 0 Å². The highest BCUT2D eigenvalue weighted by Gasteiger charge is 2.24. The van der Waals surface area contributed by atoms with Crippen molar-refractivity contribution in [1.82, 2.24) is 0 Å². The number of halogens is 5. The van der Waals surface area contributed by atoms with E-state index in [0.717, 1.165) is 41.9 Å². The molecule has 0 N–H and O–H groups in total. The van der Waals surface area contributed by atoms with Gasteiger partial charge in [0.25, 0.3) is 0 Å². The summed E-state index contributed by atoms with van der Waals surface area (Å²) < 4.78 is 66.1. The van der Waals surface area contributed by atoms with E-state index in [2.05, 4.69) is 25.1 Å². The Kier molecular flexibility index (Phi) is 7.60. The molecular weight excluding hydrogens is 455 g/mol. The Morgan fingerprint density at radius 2 is 1.63 bits per heavy atom. The third-order valence-corrected chi connectivity index (χ3v) is 6.68. The average molecular weight is 483 g/mol. The van der Waals surface area contributed by atoms with Gasteiger partial charge < -0.3 is 0 Å². The Labute approximate surface area is 202 Å². The molecule has 0 bridgehead atoms. The molecule has 35 heavy (non-hydrogen) atoms. The number of benzene rings is 3. The Morgan fingerprint density at radius 1 is 0.914 bits per heavy atom. The Morgan fingerprint density at radius 3 is 2.29 bits per heavy atom. The minimum atomic E-state index is -4.83. The van der Waals surface area contributed by atoms with E-state index < -0.39 is 23.4 Å². The van der Waals surface area contributed by atoms with E-state index in [1.54, 1.807) is 18.1 Å². The average Bonchev–Trinajstić information content (AvgIpc) is 2.83. The number of alkyl halides is 3. The first-order valence-corrected chi connectivity index (χ1v) is 12.1. The summed E-state index contributed by atoms with van der Waals surface area (Å²) in [6.07, 6.45) is 6.10. The molecule has 1 aliphatic carbocycles. The maximum atomic E-state index is 14.7. The molecule has 3 aromatic rings. The van der Waals surface area contributed by atoms with Crippen molar-refractivity contribution in [2.75, 3.05) is 0 Å². The second-order valence-electron chi connectivity index (χ2n) is 9.17. The molecule has 5 heteroatoms. The molecule has 0 aliphatic heterocycles. The van der Waals surface area contributed by atoms with Gasteiger partial charge >= 0.3 is 6.18 Å². The molecule has 1 unspecified atom stereocenters. The quantitative estimate of drug-likeness (QED) is 0.186. The van der Waals surface area contributed by atoms with Gasteiger partial charge in [-0.3, -0.25) is 0 Å². The third-order valence-electron chi connectivity index (χ3n) is 6.68. The monoisotopic (exact) mass is 482 g/mol. The van der Waals surface area contributed by atoms with Crippen LogP contribution in [-0.4, -0.2) is 6.18 Å². The predicted molar refractivity (Wildman–Crippen MR) is 132 cm³/mol. The van der Waals surface area contributed by atoms with Crippen LogP contribution >= 0.6 is 0 Å². The molecule has 0 fully saturated rings. The highest BCUT2D eigenvalue weighted by molar-refractivity contribution is 5.89. The molecular formula is C30H27F5. The van der Waals surface area contributed by atoms with E-state index in [1.807, 2.05) is 12.1 Å². The van der Waals surface area contributed by atoms with E-state index in [0.29, 0.717) is 0 Å². The molecule has 0 saturated heterocycles. The fourth-order valence-corrected chi connectivity index (χ4v) is 4.73. The molecule has 0 saturated carbocycles. The van der Waals surface area contributed by atoms with Crippen molar-refractivity contribution in [3.05, 3.63) is 77.4 Å². The van der Waals surface area contributed by atoms with Gasteiger partial charge in [0.2, 0.25) is 0 Å². The number of unbranched alkanes of at least 4 members (excludes halogenated alkanes) is 2. The fourth-order valence-electron chi connectivity index (χ4n) is 4.73. The zero-order valence-corrected chi connectivity index (χ0v) is 19.6. The van der Waals surface area contributed by atoms with Crippen LogP contribution in [0.4, 0.5) is 22.0 Å². The molecule has 0 aromatic heterocycles. The lowest BCUT2D eigenvalue weighted by molar-refractivity contribution is -0.0696. The fraction of sp³-hybridized carbons (Fsp3) is 0.333. The molecule has 0 radical (unpaired) electrons. The van der Waals surface area contributed by atoms with E-state index in [-0.39, 0.29) is 10.8 Å². The van der Waals surface area contributed by atoms with Crippen molar-refractivity contribution in [3.8, 4) is 23.0 Å². The van der Waals surface area contributed by atoms with Crippen LogP contribution in [0.3, 0.4) is 0 Å². The lowest BCUT2D eigenvalue weighted by Crippen LogP contribution is -2.05. The molecule has 182 valence electrons. The third kappa shape index (κ3) is 6.11. The number of rotatable bonds is 6. The number of hydrogen-bond donors (Lipinski definition) is 0. The second kappa shape index (κ2) is 10.6. The van der Waals surface area contributed by atoms with Gasteiger partial charge in [-0.25, -0.2) is 8.78 Å². The molecule has 1 atom stereocenters. The van der Waals surface area contributed by atoms with Crippen LogP contribution in [0.5, 0.6) is 0 Å². The Hall–Kier alpha value is -3.13. The first-order valence-electron chi connectivity index (χ1n) is 12.1. The second-order valence-corrected chi connectivity index (χ2v) is 9.17. The van der Waals surface area contributed by atoms with E-state index >= 15 is 0 Å². The van der Waals surface area contributed by atoms with Gasteiger partial charge in [0.1, 0.15) is 11.6 Å². The molecule has 0 spiro atoms. The Bertz CT molecular complexity index is 1290. The van der Waals surface area contributed by atoms with Crippen LogP contribution in [0.1, 0.15) is 63.0 Å². The number of fused-ring (bicyclic) bond motifs is 1. The highest BCUT2D eigenvalue weighted by Crippen LogP contribution is 2.34. The molecule has 0 amide bonds. The first-order chi connectivity index (χ1) is 16.7.